The number of rotatable bonds is 3. The highest BCUT2D eigenvalue weighted by Crippen LogP contribution is 2.28. The molecule has 1 aromatic carbocycles. The number of anilines is 2. The standard InChI is InChI=1S/C23H26N4O/c28-23(24-18-8-10-19(11-9-18)26-13-3-1-4-14-26)17-7-12-20-21(16-17)27-15-5-2-6-22(27)25-20/h2,5-6,8-11,15,17H,1,3-4,7,12-14,16H2,(H,24,28). The zero-order chi connectivity index (χ0) is 18.9. The molecule has 0 spiro atoms. The van der Waals surface area contributed by atoms with Crippen molar-refractivity contribution in [2.75, 3.05) is 23.3 Å². The molecule has 144 valence electrons. The van der Waals surface area contributed by atoms with Crippen LogP contribution in [0.3, 0.4) is 0 Å². The van der Waals surface area contributed by atoms with Crippen LogP contribution in [0.5, 0.6) is 0 Å². The van der Waals surface area contributed by atoms with Crippen LogP contribution < -0.4 is 10.2 Å². The van der Waals surface area contributed by atoms with E-state index in [0.717, 1.165) is 49.4 Å². The summed E-state index contributed by atoms with van der Waals surface area (Å²) in [5.74, 6) is 0.108. The molecular formula is C23H26N4O. The van der Waals surface area contributed by atoms with Gasteiger partial charge in [-0.25, -0.2) is 4.98 Å². The van der Waals surface area contributed by atoms with Gasteiger partial charge >= 0.3 is 0 Å². The van der Waals surface area contributed by atoms with E-state index in [1.54, 1.807) is 0 Å². The van der Waals surface area contributed by atoms with Gasteiger partial charge in [0.15, 0.2) is 0 Å². The van der Waals surface area contributed by atoms with E-state index in [1.165, 1.54) is 30.6 Å². The van der Waals surface area contributed by atoms with E-state index in [9.17, 15) is 4.79 Å². The van der Waals surface area contributed by atoms with Gasteiger partial charge in [-0.2, -0.15) is 0 Å². The van der Waals surface area contributed by atoms with Crippen molar-refractivity contribution in [2.24, 2.45) is 5.92 Å². The number of benzene rings is 1. The van der Waals surface area contributed by atoms with Gasteiger partial charge < -0.3 is 14.6 Å². The Balaban J connectivity index is 1.27. The third kappa shape index (κ3) is 3.26. The average molecular weight is 374 g/mol. The van der Waals surface area contributed by atoms with Gasteiger partial charge in [-0.1, -0.05) is 6.07 Å². The Labute approximate surface area is 165 Å². The number of nitrogens with one attached hydrogen (secondary N) is 1. The number of hydrogen-bond acceptors (Lipinski definition) is 3. The number of carbonyl (C=O) groups excluding carboxylic acids is 1. The SMILES string of the molecule is O=C(Nc1ccc(N2CCCCC2)cc1)C1CCc2nc3ccccn3c2C1. The number of nitrogens with zero attached hydrogens (tertiary/aromatic N) is 3. The van der Waals surface area contributed by atoms with Gasteiger partial charge in [0.05, 0.1) is 5.69 Å². The third-order valence-electron chi connectivity index (χ3n) is 6.11. The van der Waals surface area contributed by atoms with Gasteiger partial charge in [-0.15, -0.1) is 0 Å². The summed E-state index contributed by atoms with van der Waals surface area (Å²) >= 11 is 0. The zero-order valence-electron chi connectivity index (χ0n) is 16.1. The summed E-state index contributed by atoms with van der Waals surface area (Å²) in [5.41, 5.74) is 5.44. The van der Waals surface area contributed by atoms with E-state index in [-0.39, 0.29) is 11.8 Å². The number of pyridine rings is 1. The third-order valence-corrected chi connectivity index (χ3v) is 6.11. The Morgan fingerprint density at radius 1 is 1.04 bits per heavy atom. The Morgan fingerprint density at radius 2 is 1.86 bits per heavy atom. The molecule has 2 aliphatic rings. The monoisotopic (exact) mass is 374 g/mol. The van der Waals surface area contributed by atoms with E-state index in [1.807, 2.05) is 36.5 Å². The van der Waals surface area contributed by atoms with Crippen LogP contribution in [0, 0.1) is 5.92 Å². The van der Waals surface area contributed by atoms with Crippen LogP contribution >= 0.6 is 0 Å². The van der Waals surface area contributed by atoms with Gasteiger partial charge in [-0.3, -0.25) is 4.79 Å². The number of amides is 1. The van der Waals surface area contributed by atoms with Crippen molar-refractivity contribution in [1.29, 1.82) is 0 Å². The van der Waals surface area contributed by atoms with E-state index >= 15 is 0 Å². The summed E-state index contributed by atoms with van der Waals surface area (Å²) in [6, 6.07) is 14.4. The molecule has 0 bridgehead atoms. The van der Waals surface area contributed by atoms with Crippen LogP contribution in [-0.4, -0.2) is 28.4 Å². The maximum atomic E-state index is 12.9. The molecule has 0 radical (unpaired) electrons. The smallest absolute Gasteiger partial charge is 0.227 e. The minimum atomic E-state index is -0.00521. The number of aromatic nitrogens is 2. The fourth-order valence-electron chi connectivity index (χ4n) is 4.53. The molecule has 3 aromatic rings. The predicted octanol–water partition coefficient (Wildman–Crippen LogP) is 4.07. The summed E-state index contributed by atoms with van der Waals surface area (Å²) < 4.78 is 2.13. The summed E-state index contributed by atoms with van der Waals surface area (Å²) in [5, 5.41) is 3.13. The topological polar surface area (TPSA) is 49.6 Å². The normalized spacial score (nSPS) is 19.4. The molecule has 1 aliphatic heterocycles. The van der Waals surface area contributed by atoms with Crippen molar-refractivity contribution in [3.63, 3.8) is 0 Å². The highest BCUT2D eigenvalue weighted by atomic mass is 16.1. The molecule has 2 aromatic heterocycles. The van der Waals surface area contributed by atoms with E-state index < -0.39 is 0 Å². The molecule has 0 saturated carbocycles. The molecule has 1 N–H and O–H groups in total. The molecule has 1 fully saturated rings. The second kappa shape index (κ2) is 7.30. The molecule has 1 amide bonds. The second-order valence-electron chi connectivity index (χ2n) is 7.96. The Bertz CT molecular complexity index is 986. The van der Waals surface area contributed by atoms with Gasteiger partial charge in [0.2, 0.25) is 5.91 Å². The molecule has 5 rings (SSSR count). The first-order valence-corrected chi connectivity index (χ1v) is 10.4. The molecule has 1 saturated heterocycles. The molecule has 3 heterocycles. The Morgan fingerprint density at radius 3 is 2.68 bits per heavy atom. The summed E-state index contributed by atoms with van der Waals surface area (Å²) in [7, 11) is 0. The van der Waals surface area contributed by atoms with E-state index in [0.29, 0.717) is 0 Å². The molecule has 28 heavy (non-hydrogen) atoms. The molecule has 1 unspecified atom stereocenters. The van der Waals surface area contributed by atoms with Crippen LogP contribution in [0.15, 0.2) is 48.7 Å². The van der Waals surface area contributed by atoms with Crippen LogP contribution in [0.25, 0.3) is 5.65 Å². The van der Waals surface area contributed by atoms with Crippen molar-refractivity contribution >= 4 is 22.9 Å². The Hall–Kier alpha value is -2.82. The van der Waals surface area contributed by atoms with Crippen molar-refractivity contribution in [3.8, 4) is 0 Å². The highest BCUT2D eigenvalue weighted by molar-refractivity contribution is 5.93. The Kier molecular flexibility index (Phi) is 4.51. The van der Waals surface area contributed by atoms with Gasteiger partial charge in [-0.05, 0) is 68.5 Å². The molecule has 5 heteroatoms. The lowest BCUT2D eigenvalue weighted by molar-refractivity contribution is -0.120. The van der Waals surface area contributed by atoms with E-state index in [4.69, 9.17) is 4.98 Å². The van der Waals surface area contributed by atoms with Gasteiger partial charge in [0.1, 0.15) is 5.65 Å². The average Bonchev–Trinajstić information content (AvgIpc) is 3.13. The maximum Gasteiger partial charge on any atom is 0.227 e. The number of piperidine rings is 1. The van der Waals surface area contributed by atoms with Gasteiger partial charge in [0, 0.05) is 48.7 Å². The first-order chi connectivity index (χ1) is 13.8. The number of carbonyl (C=O) groups is 1. The lowest BCUT2D eigenvalue weighted by Gasteiger charge is -2.29. The second-order valence-corrected chi connectivity index (χ2v) is 7.96. The number of imidazole rings is 1. The predicted molar refractivity (Wildman–Crippen MR) is 112 cm³/mol. The lowest BCUT2D eigenvalue weighted by atomic mass is 9.89. The van der Waals surface area contributed by atoms with Crippen molar-refractivity contribution in [3.05, 3.63) is 60.0 Å². The number of aryl methyl sites for hydroxylation is 1. The summed E-state index contributed by atoms with van der Waals surface area (Å²) in [4.78, 5) is 20.0. The van der Waals surface area contributed by atoms with Crippen LogP contribution in [-0.2, 0) is 17.6 Å². The van der Waals surface area contributed by atoms with Crippen LogP contribution in [0.2, 0.25) is 0 Å². The fourth-order valence-corrected chi connectivity index (χ4v) is 4.53. The van der Waals surface area contributed by atoms with Crippen molar-refractivity contribution in [1.82, 2.24) is 9.38 Å². The highest BCUT2D eigenvalue weighted by Gasteiger charge is 2.28. The molecule has 5 nitrogen and oxygen atoms in total. The number of fused-ring (bicyclic) bond motifs is 3. The first-order valence-electron chi connectivity index (χ1n) is 10.4. The largest absolute Gasteiger partial charge is 0.372 e. The fraction of sp³-hybridized carbons (Fsp3) is 0.391. The molecular weight excluding hydrogens is 348 g/mol. The molecule has 1 atom stereocenters. The zero-order valence-corrected chi connectivity index (χ0v) is 16.1. The lowest BCUT2D eigenvalue weighted by Crippen LogP contribution is -2.29. The number of hydrogen-bond donors (Lipinski definition) is 1. The summed E-state index contributed by atoms with van der Waals surface area (Å²) in [6.07, 6.45) is 8.38. The quantitative estimate of drug-likeness (QED) is 0.752. The van der Waals surface area contributed by atoms with Crippen LogP contribution in [0.4, 0.5) is 11.4 Å². The summed E-state index contributed by atoms with van der Waals surface area (Å²) in [6.45, 7) is 2.27. The molecule has 1 aliphatic carbocycles. The van der Waals surface area contributed by atoms with Crippen molar-refractivity contribution in [2.45, 2.75) is 38.5 Å². The first kappa shape index (κ1) is 17.3. The van der Waals surface area contributed by atoms with E-state index in [2.05, 4.69) is 26.8 Å². The van der Waals surface area contributed by atoms with Gasteiger partial charge in [0.25, 0.3) is 0 Å². The van der Waals surface area contributed by atoms with Crippen molar-refractivity contribution < 1.29 is 4.79 Å². The minimum absolute atomic E-state index is 0.00521. The van der Waals surface area contributed by atoms with Crippen LogP contribution in [0.1, 0.15) is 37.1 Å². The maximum absolute atomic E-state index is 12.9. The minimum Gasteiger partial charge on any atom is -0.372 e.